The largest absolute Gasteiger partial charge is 0.445 e. The molecule has 0 aliphatic heterocycles. The number of hydrogen-bond acceptors (Lipinski definition) is 24. The van der Waals surface area contributed by atoms with Crippen LogP contribution in [-0.2, 0) is 73.0 Å². The molecule has 0 aliphatic carbocycles. The second-order valence-electron chi connectivity index (χ2n) is 22.2. The molecule has 2 amide bonds. The van der Waals surface area contributed by atoms with E-state index in [9.17, 15) is 9.59 Å². The average molecular weight is 1240 g/mol. The van der Waals surface area contributed by atoms with Crippen molar-refractivity contribution >= 4 is 33.5 Å². The predicted octanol–water partition coefficient (Wildman–Crippen LogP) is 0.201. The van der Waals surface area contributed by atoms with Crippen LogP contribution < -0.4 is 62.2 Å². The van der Waals surface area contributed by atoms with E-state index in [2.05, 4.69) is 28.8 Å². The number of carbonyl (C=O) groups is 2. The monoisotopic (exact) mass is 1240 g/mol. The molecule has 0 spiro atoms. The fourth-order valence-electron chi connectivity index (χ4n) is 9.66. The van der Waals surface area contributed by atoms with Crippen LogP contribution in [0.4, 0.5) is 4.79 Å². The molecule has 0 unspecified atom stereocenters. The molecule has 0 fully saturated rings. The number of nitrogens with two attached hydrogens (primary N) is 9. The van der Waals surface area contributed by atoms with E-state index < -0.39 is 27.9 Å². The van der Waals surface area contributed by atoms with E-state index in [1.54, 1.807) is 0 Å². The third-order valence-corrected chi connectivity index (χ3v) is 13.9. The van der Waals surface area contributed by atoms with Gasteiger partial charge in [-0.3, -0.25) is 4.79 Å². The Hall–Kier alpha value is -3.92. The van der Waals surface area contributed by atoms with Gasteiger partial charge in [0.1, 0.15) is 12.1 Å². The molecule has 0 bridgehead atoms. The maximum absolute atomic E-state index is 14.6. The maximum atomic E-state index is 14.6. The van der Waals surface area contributed by atoms with E-state index in [4.69, 9.17) is 113 Å². The second kappa shape index (κ2) is 48.0. The van der Waals surface area contributed by atoms with Crippen LogP contribution in [0.5, 0.6) is 0 Å². The van der Waals surface area contributed by atoms with Crippen molar-refractivity contribution in [2.24, 2.45) is 67.8 Å². The number of carbonyl (C=O) groups excluding carboxylic acids is 2. The van der Waals surface area contributed by atoms with Crippen molar-refractivity contribution in [3.63, 3.8) is 0 Å². The topological polar surface area (TPSA) is 412 Å². The van der Waals surface area contributed by atoms with Gasteiger partial charge >= 0.3 is 6.09 Å². The Kier molecular flexibility index (Phi) is 42.6. The van der Waals surface area contributed by atoms with Crippen molar-refractivity contribution < 1.29 is 71.2 Å². The van der Waals surface area contributed by atoms with Crippen LogP contribution in [0.25, 0.3) is 21.5 Å². The fourth-order valence-corrected chi connectivity index (χ4v) is 9.66. The van der Waals surface area contributed by atoms with E-state index >= 15 is 0 Å². The molecule has 0 atom stereocenters. The average Bonchev–Trinajstić information content (AvgIpc) is 1.51. The molecule has 0 radical (unpaired) electrons. The molecule has 3 rings (SSSR count). The summed E-state index contributed by atoms with van der Waals surface area (Å²) in [6.45, 7) is 6.72. The Morgan fingerprint density at radius 3 is 1.00 bits per heavy atom. The van der Waals surface area contributed by atoms with E-state index in [0.29, 0.717) is 13.0 Å². The molecule has 20 N–H and O–H groups in total. The summed E-state index contributed by atoms with van der Waals surface area (Å²) >= 11 is 0. The lowest BCUT2D eigenvalue weighted by molar-refractivity contribution is -0.148. The Bertz CT molecular complexity index is 1970. The minimum atomic E-state index is -1.38. The summed E-state index contributed by atoms with van der Waals surface area (Å²) in [5.41, 5.74) is 49.8. The van der Waals surface area contributed by atoms with Crippen LogP contribution in [0.2, 0.25) is 0 Å². The highest BCUT2D eigenvalue weighted by Gasteiger charge is 2.41. The van der Waals surface area contributed by atoms with Gasteiger partial charge < -0.3 is 124 Å². The van der Waals surface area contributed by atoms with Crippen molar-refractivity contribution in [3.05, 3.63) is 60.2 Å². The third-order valence-electron chi connectivity index (χ3n) is 13.9. The zero-order valence-corrected chi connectivity index (χ0v) is 52.0. The molecule has 0 aliphatic rings. The number of amides is 2. The summed E-state index contributed by atoms with van der Waals surface area (Å²) in [5, 5.41) is 10.5. The summed E-state index contributed by atoms with van der Waals surface area (Å²) in [7, 11) is 0. The zero-order valence-electron chi connectivity index (χ0n) is 52.0. The molecule has 3 aromatic carbocycles. The summed E-state index contributed by atoms with van der Waals surface area (Å²) < 4.78 is 80.7. The standard InChI is InChI=1S/C61H111N11O15/c62-15-25-75-36-58(37-76-26-16-63,38-77-27-17-64)45-84-48-61(49-85-46-59(39-78-28-18-65,40-79-29-19-66)41-80-30-20-67,50-86-47-60(42-81-31-21-68,43-82-32-22-69)44-83-33-23-70)72-56(73)14-4-2-1-3-9-24-71-57(74)87-35-55-53-12-7-5-10-51(53)34-52-11-6-8-13-54(52)55/h5-8,10-13,34H,1-4,9,14-33,35-50,62-70H2,(H,71,74)(H,72,73). The quantitative estimate of drug-likeness (QED) is 0.0266. The lowest BCUT2D eigenvalue weighted by atomic mass is 9.91. The highest BCUT2D eigenvalue weighted by molar-refractivity contribution is 6.02. The van der Waals surface area contributed by atoms with E-state index in [0.717, 1.165) is 52.8 Å². The van der Waals surface area contributed by atoms with E-state index in [1.165, 1.54) is 0 Å². The first-order valence-corrected chi connectivity index (χ1v) is 30.8. The number of fused-ring (bicyclic) bond motifs is 2. The Morgan fingerprint density at radius 2 is 0.667 bits per heavy atom. The number of rotatable bonds is 59. The minimum Gasteiger partial charge on any atom is -0.445 e. The smallest absolute Gasteiger partial charge is 0.407 e. The van der Waals surface area contributed by atoms with Gasteiger partial charge in [0.2, 0.25) is 5.91 Å². The van der Waals surface area contributed by atoms with Gasteiger partial charge in [-0.25, -0.2) is 4.79 Å². The summed E-state index contributed by atoms with van der Waals surface area (Å²) in [6, 6.07) is 18.3. The van der Waals surface area contributed by atoms with E-state index in [-0.39, 0.29) is 236 Å². The lowest BCUT2D eigenvalue weighted by Gasteiger charge is -2.40. The Morgan fingerprint density at radius 1 is 0.368 bits per heavy atom. The van der Waals surface area contributed by atoms with Gasteiger partial charge in [-0.2, -0.15) is 0 Å². The molecule has 0 heterocycles. The summed E-state index contributed by atoms with van der Waals surface area (Å²) in [4.78, 5) is 27.5. The van der Waals surface area contributed by atoms with E-state index in [1.807, 2.05) is 36.4 Å². The maximum Gasteiger partial charge on any atom is 0.407 e. The molecular weight excluding hydrogens is 1130 g/mol. The lowest BCUT2D eigenvalue weighted by Crippen LogP contribution is -2.60. The molecule has 26 heteroatoms. The SMILES string of the molecule is NCCOCC(COCCN)(COCCN)COCC(COCC(COCCN)(COCCN)COCCN)(COCC(COCCN)(COCCN)COCCN)NC(=O)CCCCCCCNC(=O)OCc1c2ccccc2cc2ccccc12. The van der Waals surface area contributed by atoms with Gasteiger partial charge in [0.15, 0.2) is 0 Å². The summed E-state index contributed by atoms with van der Waals surface area (Å²) in [6.07, 6.45) is 3.35. The van der Waals surface area contributed by atoms with Crippen LogP contribution in [0.3, 0.4) is 0 Å². The highest BCUT2D eigenvalue weighted by atomic mass is 16.6. The Labute approximate surface area is 516 Å². The molecule has 0 saturated carbocycles. The first-order valence-electron chi connectivity index (χ1n) is 30.8. The van der Waals surface area contributed by atoms with Gasteiger partial charge in [0, 0.05) is 77.4 Å². The van der Waals surface area contributed by atoms with Crippen molar-refractivity contribution in [3.8, 4) is 0 Å². The zero-order chi connectivity index (χ0) is 63.0. The molecule has 87 heavy (non-hydrogen) atoms. The van der Waals surface area contributed by atoms with Crippen LogP contribution in [0.15, 0.2) is 54.6 Å². The van der Waals surface area contributed by atoms with Gasteiger partial charge in [-0.15, -0.1) is 0 Å². The first-order chi connectivity index (χ1) is 42.5. The Balaban J connectivity index is 1.94. The molecule has 3 aromatic rings. The van der Waals surface area contributed by atoms with Crippen LogP contribution in [0.1, 0.15) is 44.1 Å². The normalized spacial score (nSPS) is 12.4. The third kappa shape index (κ3) is 31.6. The van der Waals surface area contributed by atoms with Gasteiger partial charge in [-0.1, -0.05) is 67.8 Å². The number of nitrogens with one attached hydrogen (secondary N) is 2. The number of hydrogen-bond donors (Lipinski definition) is 11. The number of unbranched alkanes of at least 4 members (excludes halogenated alkanes) is 4. The van der Waals surface area contributed by atoms with Gasteiger partial charge in [-0.05, 0) is 40.5 Å². The van der Waals surface area contributed by atoms with Gasteiger partial charge in [0.25, 0.3) is 0 Å². The van der Waals surface area contributed by atoms with Crippen molar-refractivity contribution in [2.75, 3.05) is 224 Å². The molecule has 0 aromatic heterocycles. The second-order valence-corrected chi connectivity index (χ2v) is 22.2. The molecule has 0 saturated heterocycles. The highest BCUT2D eigenvalue weighted by Crippen LogP contribution is 2.30. The summed E-state index contributed by atoms with van der Waals surface area (Å²) in [5.74, 6) is -0.269. The van der Waals surface area contributed by atoms with Crippen LogP contribution in [-0.4, -0.2) is 242 Å². The van der Waals surface area contributed by atoms with Gasteiger partial charge in [0.05, 0.1) is 175 Å². The number of ether oxygens (including phenoxy) is 13. The van der Waals surface area contributed by atoms with Crippen LogP contribution >= 0.6 is 0 Å². The molecule has 26 nitrogen and oxygen atoms in total. The van der Waals surface area contributed by atoms with Crippen LogP contribution in [0, 0.1) is 16.2 Å². The predicted molar refractivity (Wildman–Crippen MR) is 337 cm³/mol. The van der Waals surface area contributed by atoms with Crippen molar-refractivity contribution in [1.82, 2.24) is 10.6 Å². The minimum absolute atomic E-state index is 0.0335. The molecular formula is C61H111N11O15. The van der Waals surface area contributed by atoms with Crippen molar-refractivity contribution in [1.29, 1.82) is 0 Å². The number of alkyl carbamates (subject to hydrolysis) is 1. The fraction of sp³-hybridized carbons (Fsp3) is 0.738. The number of benzene rings is 3. The van der Waals surface area contributed by atoms with Crippen molar-refractivity contribution in [2.45, 2.75) is 50.7 Å². The molecule has 500 valence electrons. The first kappa shape index (κ1) is 77.3.